The smallest absolute Gasteiger partial charge is 0.306 e. The second-order valence-corrected chi connectivity index (χ2v) is 8.30. The number of esters is 1. The van der Waals surface area contributed by atoms with Crippen molar-refractivity contribution in [2.45, 2.75) is 38.6 Å². The molecule has 2 aromatic rings. The highest BCUT2D eigenvalue weighted by atomic mass is 16.5. The normalized spacial score (nSPS) is 22.8. The van der Waals surface area contributed by atoms with E-state index in [0.29, 0.717) is 19.1 Å². The number of ether oxygens (including phenoxy) is 2. The molecule has 1 aliphatic heterocycles. The molecule has 0 spiro atoms. The van der Waals surface area contributed by atoms with Gasteiger partial charge in [-0.15, -0.1) is 0 Å². The van der Waals surface area contributed by atoms with Gasteiger partial charge in [0.2, 0.25) is 5.91 Å². The van der Waals surface area contributed by atoms with Crippen LogP contribution in [0.1, 0.15) is 42.4 Å². The summed E-state index contributed by atoms with van der Waals surface area (Å²) < 4.78 is 10.7. The van der Waals surface area contributed by atoms with Crippen LogP contribution in [0.15, 0.2) is 48.5 Å². The van der Waals surface area contributed by atoms with Crippen molar-refractivity contribution in [2.75, 3.05) is 20.3 Å². The first-order valence-corrected chi connectivity index (χ1v) is 10.7. The molecule has 30 heavy (non-hydrogen) atoms. The Kier molecular flexibility index (Phi) is 6.07. The molecule has 0 N–H and O–H groups in total. The van der Waals surface area contributed by atoms with Gasteiger partial charge in [0.25, 0.3) is 0 Å². The van der Waals surface area contributed by atoms with Crippen LogP contribution >= 0.6 is 0 Å². The van der Waals surface area contributed by atoms with Gasteiger partial charge in [0.15, 0.2) is 0 Å². The number of fused-ring (bicyclic) bond motifs is 3. The number of rotatable bonds is 6. The Hall–Kier alpha value is -2.82. The van der Waals surface area contributed by atoms with Crippen molar-refractivity contribution in [3.8, 4) is 5.75 Å². The van der Waals surface area contributed by atoms with Crippen molar-refractivity contribution in [3.05, 3.63) is 65.2 Å². The lowest BCUT2D eigenvalue weighted by atomic mass is 9.78. The number of benzene rings is 2. The van der Waals surface area contributed by atoms with E-state index in [1.54, 1.807) is 7.11 Å². The number of amides is 1. The highest BCUT2D eigenvalue weighted by Gasteiger charge is 2.43. The summed E-state index contributed by atoms with van der Waals surface area (Å²) in [5.74, 6) is 0.721. The van der Waals surface area contributed by atoms with E-state index in [2.05, 4.69) is 18.2 Å². The minimum atomic E-state index is -0.240. The fraction of sp³-hybridized carbons (Fsp3) is 0.440. The van der Waals surface area contributed by atoms with Gasteiger partial charge in [0, 0.05) is 24.9 Å². The molecule has 4 rings (SSSR count). The fourth-order valence-corrected chi connectivity index (χ4v) is 5.03. The average Bonchev–Trinajstić information content (AvgIpc) is 2.87. The first-order chi connectivity index (χ1) is 14.6. The predicted molar refractivity (Wildman–Crippen MR) is 114 cm³/mol. The van der Waals surface area contributed by atoms with Gasteiger partial charge in [-0.25, -0.2) is 0 Å². The lowest BCUT2D eigenvalue weighted by Crippen LogP contribution is -2.46. The predicted octanol–water partition coefficient (Wildman–Crippen LogP) is 3.95. The van der Waals surface area contributed by atoms with Crippen LogP contribution in [0, 0.1) is 11.8 Å². The Morgan fingerprint density at radius 3 is 2.70 bits per heavy atom. The third-order valence-corrected chi connectivity index (χ3v) is 6.35. The Morgan fingerprint density at radius 2 is 1.97 bits per heavy atom. The molecule has 1 heterocycles. The maximum absolute atomic E-state index is 13.5. The van der Waals surface area contributed by atoms with Crippen molar-refractivity contribution in [1.29, 1.82) is 0 Å². The van der Waals surface area contributed by atoms with Gasteiger partial charge in [-0.1, -0.05) is 36.4 Å². The van der Waals surface area contributed by atoms with Crippen LogP contribution in [0.4, 0.5) is 0 Å². The van der Waals surface area contributed by atoms with Crippen molar-refractivity contribution in [1.82, 2.24) is 4.90 Å². The van der Waals surface area contributed by atoms with Gasteiger partial charge in [-0.3, -0.25) is 9.59 Å². The fourth-order valence-electron chi connectivity index (χ4n) is 5.03. The number of likely N-dealkylation sites (tertiary alicyclic amines) is 1. The molecule has 0 aromatic heterocycles. The van der Waals surface area contributed by atoms with Gasteiger partial charge in [0.1, 0.15) is 5.75 Å². The molecule has 5 nitrogen and oxygen atoms in total. The van der Waals surface area contributed by atoms with Crippen molar-refractivity contribution >= 4 is 11.9 Å². The molecule has 0 unspecified atom stereocenters. The molecular weight excluding hydrogens is 378 g/mol. The third-order valence-electron chi connectivity index (χ3n) is 6.35. The van der Waals surface area contributed by atoms with Crippen LogP contribution in [-0.4, -0.2) is 37.0 Å². The summed E-state index contributed by atoms with van der Waals surface area (Å²) in [6.45, 7) is 3.51. The summed E-state index contributed by atoms with van der Waals surface area (Å²) in [6, 6.07) is 16.1. The Labute approximate surface area is 178 Å². The zero-order chi connectivity index (χ0) is 21.1. The quantitative estimate of drug-likeness (QED) is 0.681. The Morgan fingerprint density at radius 1 is 1.17 bits per heavy atom. The third kappa shape index (κ3) is 4.20. The summed E-state index contributed by atoms with van der Waals surface area (Å²) >= 11 is 0. The highest BCUT2D eigenvalue weighted by Crippen LogP contribution is 2.44. The second-order valence-electron chi connectivity index (χ2n) is 8.30. The van der Waals surface area contributed by atoms with Crippen LogP contribution in [0.5, 0.6) is 5.75 Å². The lowest BCUT2D eigenvalue weighted by molar-refractivity contribution is -0.146. The standard InChI is InChI=1S/C25H29NO4/c1-3-30-24(27)14-22-21-10-9-20(29-2)13-19(21)11-18-12-23(22)25(28)26(16-18)15-17-7-5-4-6-8-17/h4-10,13,18,22-23H,3,11-12,14-16H2,1-2H3/t18-,22-,23-/m1/s1. The molecular formula is C25H29NO4. The maximum Gasteiger partial charge on any atom is 0.306 e. The number of piperidine rings is 1. The van der Waals surface area contributed by atoms with Crippen molar-refractivity contribution < 1.29 is 19.1 Å². The topological polar surface area (TPSA) is 55.8 Å². The zero-order valence-electron chi connectivity index (χ0n) is 17.7. The first kappa shape index (κ1) is 20.5. The maximum atomic E-state index is 13.5. The molecule has 2 aliphatic rings. The van der Waals surface area contributed by atoms with Crippen LogP contribution in [-0.2, 0) is 27.3 Å². The number of carbonyl (C=O) groups excluding carboxylic acids is 2. The lowest BCUT2D eigenvalue weighted by Gasteiger charge is -2.38. The number of nitrogens with zero attached hydrogens (tertiary/aromatic N) is 1. The first-order valence-electron chi connectivity index (χ1n) is 10.7. The molecule has 0 saturated carbocycles. The number of hydrogen-bond donors (Lipinski definition) is 0. The average molecular weight is 408 g/mol. The monoisotopic (exact) mass is 407 g/mol. The van der Waals surface area contributed by atoms with Gasteiger partial charge >= 0.3 is 5.97 Å². The molecule has 1 saturated heterocycles. The second kappa shape index (κ2) is 8.90. The molecule has 2 aromatic carbocycles. The summed E-state index contributed by atoms with van der Waals surface area (Å²) in [7, 11) is 1.66. The largest absolute Gasteiger partial charge is 0.497 e. The minimum absolute atomic E-state index is 0.146. The number of hydrogen-bond acceptors (Lipinski definition) is 4. The molecule has 1 amide bonds. The molecule has 5 heteroatoms. The van der Waals surface area contributed by atoms with Crippen LogP contribution < -0.4 is 4.74 Å². The van der Waals surface area contributed by atoms with E-state index < -0.39 is 0 Å². The van der Waals surface area contributed by atoms with E-state index in [1.165, 1.54) is 5.56 Å². The van der Waals surface area contributed by atoms with Gasteiger partial charge in [-0.05, 0) is 54.5 Å². The van der Waals surface area contributed by atoms with E-state index in [1.807, 2.05) is 42.2 Å². The van der Waals surface area contributed by atoms with Crippen LogP contribution in [0.3, 0.4) is 0 Å². The van der Waals surface area contributed by atoms with Gasteiger partial charge in [-0.2, -0.15) is 0 Å². The van der Waals surface area contributed by atoms with Gasteiger partial charge in [0.05, 0.1) is 20.1 Å². The summed E-state index contributed by atoms with van der Waals surface area (Å²) in [5.41, 5.74) is 3.40. The summed E-state index contributed by atoms with van der Waals surface area (Å²) in [6.07, 6.45) is 1.93. The Balaban J connectivity index is 1.68. The zero-order valence-corrected chi connectivity index (χ0v) is 17.7. The number of carbonyl (C=O) groups is 2. The van der Waals surface area contributed by atoms with Crippen LogP contribution in [0.2, 0.25) is 0 Å². The molecule has 3 atom stereocenters. The Bertz CT molecular complexity index is 911. The van der Waals surface area contributed by atoms with Crippen molar-refractivity contribution in [2.24, 2.45) is 11.8 Å². The van der Waals surface area contributed by atoms with E-state index in [-0.39, 0.29) is 30.1 Å². The van der Waals surface area contributed by atoms with Crippen molar-refractivity contribution in [3.63, 3.8) is 0 Å². The van der Waals surface area contributed by atoms with E-state index in [4.69, 9.17) is 9.47 Å². The van der Waals surface area contributed by atoms with E-state index >= 15 is 0 Å². The molecule has 1 fully saturated rings. The minimum Gasteiger partial charge on any atom is -0.497 e. The number of methoxy groups -OCH3 is 1. The van der Waals surface area contributed by atoms with Crippen LogP contribution in [0.25, 0.3) is 0 Å². The summed E-state index contributed by atoms with van der Waals surface area (Å²) in [5, 5.41) is 0. The molecule has 2 bridgehead atoms. The van der Waals surface area contributed by atoms with Gasteiger partial charge < -0.3 is 14.4 Å². The van der Waals surface area contributed by atoms with E-state index in [0.717, 1.165) is 36.3 Å². The summed E-state index contributed by atoms with van der Waals surface area (Å²) in [4.78, 5) is 27.9. The highest BCUT2D eigenvalue weighted by molar-refractivity contribution is 5.82. The molecule has 0 radical (unpaired) electrons. The molecule has 158 valence electrons. The van der Waals surface area contributed by atoms with E-state index in [9.17, 15) is 9.59 Å². The molecule has 1 aliphatic carbocycles. The SMILES string of the molecule is CCOC(=O)C[C@@H]1c2ccc(OC)cc2C[C@@H]2C[C@H]1C(=O)N(Cc1ccccc1)C2.